The van der Waals surface area contributed by atoms with Gasteiger partial charge >= 0.3 is 6.09 Å². The van der Waals surface area contributed by atoms with Gasteiger partial charge in [-0.15, -0.1) is 0 Å². The molecular formula is C27H31N5O6. The van der Waals surface area contributed by atoms with E-state index in [9.17, 15) is 19.2 Å². The van der Waals surface area contributed by atoms with Crippen molar-refractivity contribution in [3.05, 3.63) is 70.4 Å². The number of fused-ring (bicyclic) bond motifs is 1. The van der Waals surface area contributed by atoms with Gasteiger partial charge in [0.1, 0.15) is 17.1 Å². The Labute approximate surface area is 219 Å². The molecule has 1 aromatic carbocycles. The van der Waals surface area contributed by atoms with Crippen LogP contribution in [0.25, 0.3) is 11.0 Å². The number of nitrogens with zero attached hydrogens (tertiary/aromatic N) is 2. The number of aromatic nitrogens is 3. The summed E-state index contributed by atoms with van der Waals surface area (Å²) in [5.41, 5.74) is 6.56. The first kappa shape index (κ1) is 26.6. The van der Waals surface area contributed by atoms with E-state index in [-0.39, 0.29) is 36.3 Å². The van der Waals surface area contributed by atoms with E-state index in [2.05, 4.69) is 20.0 Å². The normalized spacial score (nSPS) is 13.9. The van der Waals surface area contributed by atoms with Crippen LogP contribution in [0.2, 0.25) is 0 Å². The molecule has 2 amide bonds. The van der Waals surface area contributed by atoms with Gasteiger partial charge in [0.2, 0.25) is 5.91 Å². The minimum Gasteiger partial charge on any atom is -0.491 e. The first-order valence-corrected chi connectivity index (χ1v) is 12.5. The molecule has 0 aliphatic heterocycles. The van der Waals surface area contributed by atoms with E-state index >= 15 is 0 Å². The Balaban J connectivity index is 1.47. The number of pyridine rings is 1. The van der Waals surface area contributed by atoms with E-state index < -0.39 is 18.0 Å². The molecule has 38 heavy (non-hydrogen) atoms. The summed E-state index contributed by atoms with van der Waals surface area (Å²) >= 11 is 0. The molecule has 2 aromatic heterocycles. The summed E-state index contributed by atoms with van der Waals surface area (Å²) in [5.74, 6) is 0.934. The number of Topliss-reactive ketones (excluding diaryl/α,β-unsaturated/α-hetero) is 1. The summed E-state index contributed by atoms with van der Waals surface area (Å²) in [7, 11) is 1.19. The monoisotopic (exact) mass is 521 g/mol. The van der Waals surface area contributed by atoms with Crippen molar-refractivity contribution in [2.45, 2.75) is 44.7 Å². The maximum Gasteiger partial charge on any atom is 0.407 e. The number of H-pyrrole nitrogens is 1. The first-order valence-electron chi connectivity index (χ1n) is 12.5. The number of para-hydroxylation sites is 1. The number of rotatable bonds is 13. The molecule has 4 N–H and O–H groups in total. The molecule has 0 bridgehead atoms. The summed E-state index contributed by atoms with van der Waals surface area (Å²) in [6.45, 7) is 0.851. The van der Waals surface area contributed by atoms with Crippen molar-refractivity contribution in [3.63, 3.8) is 0 Å². The highest BCUT2D eigenvalue weighted by Gasteiger charge is 2.23. The minimum absolute atomic E-state index is 0.180. The van der Waals surface area contributed by atoms with Crippen LogP contribution in [-0.2, 0) is 27.3 Å². The predicted molar refractivity (Wildman–Crippen MR) is 140 cm³/mol. The highest BCUT2D eigenvalue weighted by atomic mass is 16.5. The number of imidazole rings is 1. The van der Waals surface area contributed by atoms with Gasteiger partial charge in [-0.3, -0.25) is 14.4 Å². The molecular weight excluding hydrogens is 490 g/mol. The van der Waals surface area contributed by atoms with Gasteiger partial charge in [0.15, 0.2) is 5.78 Å². The number of nitrogens with one attached hydrogen (secondary N) is 2. The van der Waals surface area contributed by atoms with Crippen LogP contribution in [0.3, 0.4) is 0 Å². The highest BCUT2D eigenvalue weighted by Crippen LogP contribution is 2.31. The third kappa shape index (κ3) is 7.09. The molecule has 11 heteroatoms. The lowest BCUT2D eigenvalue weighted by molar-refractivity contribution is -0.120. The number of carbonyl (C=O) groups is 3. The number of ether oxygens (including phenoxy) is 2. The average molecular weight is 522 g/mol. The molecule has 1 atom stereocenters. The van der Waals surface area contributed by atoms with E-state index in [1.54, 1.807) is 18.3 Å². The largest absolute Gasteiger partial charge is 0.491 e. The van der Waals surface area contributed by atoms with E-state index in [0.29, 0.717) is 36.0 Å². The molecule has 2 heterocycles. The number of aromatic amines is 1. The Kier molecular flexibility index (Phi) is 8.57. The van der Waals surface area contributed by atoms with Gasteiger partial charge in [-0.1, -0.05) is 18.2 Å². The average Bonchev–Trinajstić information content (AvgIpc) is 3.63. The zero-order chi connectivity index (χ0) is 27.1. The lowest BCUT2D eigenvalue weighted by atomic mass is 10.0. The predicted octanol–water partition coefficient (Wildman–Crippen LogP) is 2.22. The molecule has 0 saturated heterocycles. The van der Waals surface area contributed by atoms with Gasteiger partial charge in [-0.05, 0) is 55.9 Å². The number of nitrogens with two attached hydrogens (primary N) is 1. The molecule has 1 aliphatic rings. The summed E-state index contributed by atoms with van der Waals surface area (Å²) in [6, 6.07) is 8.05. The fourth-order valence-electron chi connectivity index (χ4n) is 4.04. The second kappa shape index (κ2) is 12.2. The summed E-state index contributed by atoms with van der Waals surface area (Å²) < 4.78 is 12.0. The minimum atomic E-state index is -0.905. The van der Waals surface area contributed by atoms with Crippen LogP contribution in [0.5, 0.6) is 5.75 Å². The highest BCUT2D eigenvalue weighted by molar-refractivity contribution is 5.89. The molecule has 11 nitrogen and oxygen atoms in total. The number of hydrogen-bond acceptors (Lipinski definition) is 7. The number of methoxy groups -OCH3 is 1. The first-order chi connectivity index (χ1) is 18.3. The van der Waals surface area contributed by atoms with Crippen LogP contribution in [0.15, 0.2) is 53.5 Å². The third-order valence-electron chi connectivity index (χ3n) is 6.25. The molecule has 1 fully saturated rings. The standard InChI is InChI=1S/C27H31N5O6/c1-37-27(36)30-19(7-2-3-10-23(28)34)21(33)14-18-6-5-13-32(26(18)35)15-24-29-20-8-4-9-22(25(20)31-24)38-16-17-11-12-17/h3-6,8-10,13,17,19H,2,7,11-12,14-16H2,1H3,(H2,28,34)(H,29,31)(H,30,36)/b10-3+/t19-/m0/s1. The Morgan fingerprint density at radius 3 is 2.82 bits per heavy atom. The van der Waals surface area contributed by atoms with E-state index in [0.717, 1.165) is 5.52 Å². The lowest BCUT2D eigenvalue weighted by Gasteiger charge is -2.16. The summed E-state index contributed by atoms with van der Waals surface area (Å²) in [5, 5.41) is 2.49. The number of hydrogen-bond donors (Lipinski definition) is 3. The molecule has 4 rings (SSSR count). The van der Waals surface area contributed by atoms with Crippen LogP contribution in [0.1, 0.15) is 37.1 Å². The van der Waals surface area contributed by atoms with Crippen molar-refractivity contribution in [1.82, 2.24) is 19.9 Å². The van der Waals surface area contributed by atoms with Crippen molar-refractivity contribution in [3.8, 4) is 5.75 Å². The molecule has 0 spiro atoms. The topological polar surface area (TPSA) is 158 Å². The fraction of sp³-hybridized carbons (Fsp3) is 0.370. The second-order valence-corrected chi connectivity index (χ2v) is 9.27. The van der Waals surface area contributed by atoms with Crippen LogP contribution < -0.4 is 21.3 Å². The van der Waals surface area contributed by atoms with Crippen molar-refractivity contribution < 1.29 is 23.9 Å². The number of carbonyl (C=O) groups excluding carboxylic acids is 3. The molecule has 200 valence electrons. The SMILES string of the molecule is COC(=O)N[C@@H](CC/C=C/C(N)=O)C(=O)Cc1cccn(Cc2nc3c(OCC4CC4)cccc3[nH]2)c1=O. The molecule has 1 saturated carbocycles. The van der Waals surface area contributed by atoms with Gasteiger partial charge < -0.3 is 30.1 Å². The van der Waals surface area contributed by atoms with Gasteiger partial charge in [0.25, 0.3) is 5.56 Å². The Morgan fingerprint density at radius 2 is 2.08 bits per heavy atom. The Morgan fingerprint density at radius 1 is 1.26 bits per heavy atom. The number of primary amides is 1. The zero-order valence-electron chi connectivity index (χ0n) is 21.1. The van der Waals surface area contributed by atoms with Gasteiger partial charge in [0.05, 0.1) is 31.8 Å². The number of allylic oxidation sites excluding steroid dienone is 1. The fourth-order valence-corrected chi connectivity index (χ4v) is 4.04. The second-order valence-electron chi connectivity index (χ2n) is 9.27. The summed E-state index contributed by atoms with van der Waals surface area (Å²) in [4.78, 5) is 56.7. The Bertz CT molecular complexity index is 1400. The van der Waals surface area contributed by atoms with Gasteiger partial charge in [-0.25, -0.2) is 9.78 Å². The smallest absolute Gasteiger partial charge is 0.407 e. The van der Waals surface area contributed by atoms with Gasteiger partial charge in [0, 0.05) is 18.2 Å². The quantitative estimate of drug-likeness (QED) is 0.291. The zero-order valence-corrected chi connectivity index (χ0v) is 21.1. The van der Waals surface area contributed by atoms with Crippen LogP contribution in [0.4, 0.5) is 4.79 Å². The molecule has 0 radical (unpaired) electrons. The maximum absolute atomic E-state index is 13.2. The lowest BCUT2D eigenvalue weighted by Crippen LogP contribution is -2.42. The molecule has 0 unspecified atom stereocenters. The van der Waals surface area contributed by atoms with Crippen LogP contribution >= 0.6 is 0 Å². The molecule has 1 aliphatic carbocycles. The number of ketones is 1. The van der Waals surface area contributed by atoms with Crippen LogP contribution in [0, 0.1) is 5.92 Å². The van der Waals surface area contributed by atoms with Crippen molar-refractivity contribution >= 4 is 28.8 Å². The number of amides is 2. The molecule has 3 aromatic rings. The number of benzene rings is 1. The van der Waals surface area contributed by atoms with Crippen LogP contribution in [-0.4, -0.2) is 52.1 Å². The maximum atomic E-state index is 13.2. The van der Waals surface area contributed by atoms with E-state index in [4.69, 9.17) is 10.5 Å². The van der Waals surface area contributed by atoms with Crippen molar-refractivity contribution in [1.29, 1.82) is 0 Å². The number of alkyl carbamates (subject to hydrolysis) is 1. The van der Waals surface area contributed by atoms with E-state index in [1.165, 1.54) is 36.7 Å². The summed E-state index contributed by atoms with van der Waals surface area (Å²) in [6.07, 6.45) is 6.30. The van der Waals surface area contributed by atoms with Gasteiger partial charge in [-0.2, -0.15) is 0 Å². The van der Waals surface area contributed by atoms with Crippen molar-refractivity contribution in [2.75, 3.05) is 13.7 Å². The Hall–Kier alpha value is -4.41. The van der Waals surface area contributed by atoms with E-state index in [1.807, 2.05) is 18.2 Å². The third-order valence-corrected chi connectivity index (χ3v) is 6.25. The van der Waals surface area contributed by atoms with Crippen molar-refractivity contribution in [2.24, 2.45) is 11.7 Å².